The molecule has 0 unspecified atom stereocenters. The zero-order valence-corrected chi connectivity index (χ0v) is 15.7. The van der Waals surface area contributed by atoms with Crippen LogP contribution < -0.4 is 4.74 Å². The van der Waals surface area contributed by atoms with E-state index in [1.807, 2.05) is 12.1 Å². The molecule has 0 saturated heterocycles. The highest BCUT2D eigenvalue weighted by Crippen LogP contribution is 2.17. The van der Waals surface area contributed by atoms with Crippen LogP contribution in [0.5, 0.6) is 5.75 Å². The summed E-state index contributed by atoms with van der Waals surface area (Å²) in [7, 11) is -3.08. The fourth-order valence-electron chi connectivity index (χ4n) is 1.15. The van der Waals surface area contributed by atoms with Gasteiger partial charge in [-0.05, 0) is 45.0 Å². The van der Waals surface area contributed by atoms with E-state index in [0.717, 1.165) is 7.11 Å². The molecule has 0 aliphatic heterocycles. The van der Waals surface area contributed by atoms with Gasteiger partial charge in [0.2, 0.25) is 0 Å². The summed E-state index contributed by atoms with van der Waals surface area (Å²) >= 11 is 0. The normalized spacial score (nSPS) is 11.5. The van der Waals surface area contributed by atoms with Crippen molar-refractivity contribution in [1.29, 1.82) is 0 Å². The first-order valence-electron chi connectivity index (χ1n) is 6.45. The Balaban J connectivity index is 0.000000688. The van der Waals surface area contributed by atoms with Gasteiger partial charge in [0.15, 0.2) is 4.90 Å². The molecule has 132 valence electrons. The van der Waals surface area contributed by atoms with Gasteiger partial charge in [0.25, 0.3) is 0 Å². The van der Waals surface area contributed by atoms with E-state index in [2.05, 4.69) is 16.7 Å². The van der Waals surface area contributed by atoms with Crippen molar-refractivity contribution in [1.82, 2.24) is 0 Å². The van der Waals surface area contributed by atoms with Crippen LogP contribution in [0.25, 0.3) is 0 Å². The Kier molecular flexibility index (Phi) is 8.60. The molecule has 0 amide bonds. The Morgan fingerprint density at radius 2 is 1.57 bits per heavy atom. The predicted molar refractivity (Wildman–Crippen MR) is 89.3 cm³/mol. The average molecular weight is 367 g/mol. The molecule has 0 radical (unpaired) electrons. The van der Waals surface area contributed by atoms with Crippen molar-refractivity contribution in [2.45, 2.75) is 31.3 Å². The summed E-state index contributed by atoms with van der Waals surface area (Å²) in [5, 5.41) is 0. The van der Waals surface area contributed by atoms with Crippen molar-refractivity contribution in [3.05, 3.63) is 24.3 Å². The molecule has 0 fully saturated rings. The van der Waals surface area contributed by atoms with Crippen LogP contribution in [0.4, 0.5) is 4.79 Å². The highest BCUT2D eigenvalue weighted by atomic mass is 32.3. The van der Waals surface area contributed by atoms with Crippen LogP contribution in [0, 0.1) is 0 Å². The molecular formula is C14H23O7S2+. The first kappa shape index (κ1) is 21.7. The molecule has 0 aromatic heterocycles. The van der Waals surface area contributed by atoms with Crippen molar-refractivity contribution < 1.29 is 31.4 Å². The van der Waals surface area contributed by atoms with Gasteiger partial charge in [-0.15, -0.1) is 0 Å². The van der Waals surface area contributed by atoms with E-state index in [0.29, 0.717) is 5.75 Å². The first-order valence-corrected chi connectivity index (χ1v) is 9.86. The van der Waals surface area contributed by atoms with E-state index in [1.165, 1.54) is 4.90 Å². The maximum absolute atomic E-state index is 11.4. The smallest absolute Gasteiger partial charge is 0.428 e. The van der Waals surface area contributed by atoms with Gasteiger partial charge >= 0.3 is 16.6 Å². The Labute approximate surface area is 140 Å². The monoisotopic (exact) mass is 367 g/mol. The van der Waals surface area contributed by atoms with E-state index in [1.54, 1.807) is 32.9 Å². The maximum Gasteiger partial charge on any atom is 0.514 e. The van der Waals surface area contributed by atoms with E-state index in [-0.39, 0.29) is 10.9 Å². The summed E-state index contributed by atoms with van der Waals surface area (Å²) in [6, 6.07) is 7.49. The van der Waals surface area contributed by atoms with Gasteiger partial charge in [0.1, 0.15) is 23.9 Å². The van der Waals surface area contributed by atoms with Crippen LogP contribution in [-0.4, -0.2) is 44.3 Å². The Morgan fingerprint density at radius 1 is 1.13 bits per heavy atom. The zero-order chi connectivity index (χ0) is 18.3. The summed E-state index contributed by atoms with van der Waals surface area (Å²) in [5.74, 6) is 0.508. The Morgan fingerprint density at radius 3 is 1.87 bits per heavy atom. The first-order chi connectivity index (χ1) is 10.3. The number of carbonyl (C=O) groups excluding carboxylic acids is 1. The van der Waals surface area contributed by atoms with Gasteiger partial charge in [0.05, 0.1) is 7.11 Å². The van der Waals surface area contributed by atoms with Crippen LogP contribution in [0.15, 0.2) is 29.2 Å². The zero-order valence-electron chi connectivity index (χ0n) is 14.0. The van der Waals surface area contributed by atoms with E-state index >= 15 is 0 Å². The lowest BCUT2D eigenvalue weighted by atomic mass is 10.2. The minimum atomic E-state index is -4.16. The Bertz CT molecular complexity index is 587. The number of hydrogen-bond acceptors (Lipinski definition) is 6. The molecule has 9 heteroatoms. The second-order valence-electron chi connectivity index (χ2n) is 5.45. The molecule has 0 saturated carbocycles. The molecule has 1 aromatic carbocycles. The Hall–Kier alpha value is -1.29. The van der Waals surface area contributed by atoms with Crippen LogP contribution in [0.3, 0.4) is 0 Å². The predicted octanol–water partition coefficient (Wildman–Crippen LogP) is 2.67. The van der Waals surface area contributed by atoms with Crippen LogP contribution in [0.2, 0.25) is 0 Å². The van der Waals surface area contributed by atoms with Crippen LogP contribution in [0.1, 0.15) is 20.8 Å². The molecule has 0 spiro atoms. The van der Waals surface area contributed by atoms with Gasteiger partial charge in [-0.25, -0.2) is 4.79 Å². The standard InChI is InChI=1S/C13H19O3S.CH4O4S/c1-13(2,3)16-12(14)15-10-6-8-11(9-7-10)17(4)5;1-5-6(2,3)4/h6-9H,1-5H3;1H3,(H,2,3,4)/q+1;. The minimum Gasteiger partial charge on any atom is -0.428 e. The number of hydrogen-bond donors (Lipinski definition) is 1. The number of benzene rings is 1. The molecule has 1 N–H and O–H groups in total. The molecular weight excluding hydrogens is 344 g/mol. The van der Waals surface area contributed by atoms with Gasteiger partial charge in [-0.3, -0.25) is 8.74 Å². The van der Waals surface area contributed by atoms with Crippen LogP contribution in [-0.2, 0) is 30.2 Å². The third kappa shape index (κ3) is 11.9. The summed E-state index contributed by atoms with van der Waals surface area (Å²) < 4.78 is 39.8. The largest absolute Gasteiger partial charge is 0.514 e. The summed E-state index contributed by atoms with van der Waals surface area (Å²) in [4.78, 5) is 12.6. The van der Waals surface area contributed by atoms with Crippen molar-refractivity contribution >= 4 is 27.4 Å². The van der Waals surface area contributed by atoms with Crippen molar-refractivity contribution in [2.75, 3.05) is 19.6 Å². The van der Waals surface area contributed by atoms with Crippen molar-refractivity contribution in [3.8, 4) is 5.75 Å². The molecule has 1 rings (SSSR count). The molecule has 0 aliphatic carbocycles. The lowest BCUT2D eigenvalue weighted by molar-refractivity contribution is 0.0206. The molecule has 1 aromatic rings. The van der Waals surface area contributed by atoms with Crippen molar-refractivity contribution in [2.24, 2.45) is 0 Å². The number of rotatable bonds is 3. The van der Waals surface area contributed by atoms with Crippen LogP contribution >= 0.6 is 0 Å². The SMILES string of the molecule is COS(=O)(=O)O.C[S+](C)c1ccc(OC(=O)OC(C)(C)C)cc1. The fourth-order valence-corrected chi connectivity index (χ4v) is 1.83. The molecule has 7 nitrogen and oxygen atoms in total. The maximum atomic E-state index is 11.4. The van der Waals surface area contributed by atoms with E-state index < -0.39 is 22.2 Å². The molecule has 0 bridgehead atoms. The minimum absolute atomic E-state index is 0.212. The highest BCUT2D eigenvalue weighted by Gasteiger charge is 2.18. The lowest BCUT2D eigenvalue weighted by Gasteiger charge is -2.18. The second kappa shape index (κ2) is 9.11. The van der Waals surface area contributed by atoms with Gasteiger partial charge in [0, 0.05) is 10.9 Å². The molecule has 23 heavy (non-hydrogen) atoms. The molecule has 0 aliphatic rings. The summed E-state index contributed by atoms with van der Waals surface area (Å²) in [6.07, 6.45) is 3.62. The topological polar surface area (TPSA) is 99.1 Å². The molecule has 0 heterocycles. The van der Waals surface area contributed by atoms with Gasteiger partial charge < -0.3 is 9.47 Å². The van der Waals surface area contributed by atoms with E-state index in [4.69, 9.17) is 14.0 Å². The second-order valence-corrected chi connectivity index (χ2v) is 8.74. The quantitative estimate of drug-likeness (QED) is 0.379. The highest BCUT2D eigenvalue weighted by molar-refractivity contribution is 7.95. The summed E-state index contributed by atoms with van der Waals surface area (Å²) in [5.41, 5.74) is -0.531. The molecule has 0 atom stereocenters. The third-order valence-electron chi connectivity index (χ3n) is 2.10. The fraction of sp³-hybridized carbons (Fsp3) is 0.500. The average Bonchev–Trinajstić information content (AvgIpc) is 2.37. The number of carbonyl (C=O) groups is 1. The van der Waals surface area contributed by atoms with Crippen molar-refractivity contribution in [3.63, 3.8) is 0 Å². The van der Waals surface area contributed by atoms with E-state index in [9.17, 15) is 13.2 Å². The van der Waals surface area contributed by atoms with Gasteiger partial charge in [-0.1, -0.05) is 0 Å². The third-order valence-corrected chi connectivity index (χ3v) is 3.73. The number of ether oxygens (including phenoxy) is 2. The van der Waals surface area contributed by atoms with Gasteiger partial charge in [-0.2, -0.15) is 8.42 Å². The summed E-state index contributed by atoms with van der Waals surface area (Å²) in [6.45, 7) is 5.41. The lowest BCUT2D eigenvalue weighted by Crippen LogP contribution is -2.25.